The molecular formula is C16H14N2. The van der Waals surface area contributed by atoms with Gasteiger partial charge in [0, 0.05) is 17.1 Å². The van der Waals surface area contributed by atoms with E-state index in [9.17, 15) is 0 Å². The van der Waals surface area contributed by atoms with Gasteiger partial charge in [-0.1, -0.05) is 42.5 Å². The van der Waals surface area contributed by atoms with Crippen LogP contribution in [0.5, 0.6) is 0 Å². The Morgan fingerprint density at radius 3 is 2.56 bits per heavy atom. The molecular weight excluding hydrogens is 220 g/mol. The van der Waals surface area contributed by atoms with Gasteiger partial charge in [0.05, 0.1) is 11.2 Å². The van der Waals surface area contributed by atoms with E-state index in [2.05, 4.69) is 36.2 Å². The van der Waals surface area contributed by atoms with Crippen LogP contribution in [0, 0.1) is 6.92 Å². The summed E-state index contributed by atoms with van der Waals surface area (Å²) in [6.07, 6.45) is 1.78. The molecule has 0 amide bonds. The SMILES string of the molecule is Cc1ccccc1-c1ccc2cccnc2c1N. The van der Waals surface area contributed by atoms with Gasteiger partial charge in [0.15, 0.2) is 0 Å². The summed E-state index contributed by atoms with van der Waals surface area (Å²) < 4.78 is 0. The maximum atomic E-state index is 6.26. The summed E-state index contributed by atoms with van der Waals surface area (Å²) in [4.78, 5) is 4.37. The minimum Gasteiger partial charge on any atom is -0.396 e. The van der Waals surface area contributed by atoms with Gasteiger partial charge < -0.3 is 5.73 Å². The minimum atomic E-state index is 0.752. The molecule has 0 fully saturated rings. The van der Waals surface area contributed by atoms with Crippen molar-refractivity contribution in [1.29, 1.82) is 0 Å². The van der Waals surface area contributed by atoms with Crippen molar-refractivity contribution >= 4 is 16.6 Å². The van der Waals surface area contributed by atoms with Gasteiger partial charge >= 0.3 is 0 Å². The fourth-order valence-electron chi connectivity index (χ4n) is 2.28. The highest BCUT2D eigenvalue weighted by atomic mass is 14.7. The molecule has 18 heavy (non-hydrogen) atoms. The topological polar surface area (TPSA) is 38.9 Å². The number of nitrogen functional groups attached to an aromatic ring is 1. The molecule has 0 saturated carbocycles. The molecule has 2 aromatic carbocycles. The average Bonchev–Trinajstić information content (AvgIpc) is 2.41. The number of nitrogens with zero attached hydrogens (tertiary/aromatic N) is 1. The van der Waals surface area contributed by atoms with Crippen LogP contribution in [0.4, 0.5) is 5.69 Å². The monoisotopic (exact) mass is 234 g/mol. The van der Waals surface area contributed by atoms with E-state index in [1.807, 2.05) is 24.3 Å². The molecule has 88 valence electrons. The van der Waals surface area contributed by atoms with Gasteiger partial charge in [-0.3, -0.25) is 4.98 Å². The smallest absolute Gasteiger partial charge is 0.0937 e. The van der Waals surface area contributed by atoms with E-state index in [1.54, 1.807) is 6.20 Å². The Morgan fingerprint density at radius 2 is 1.72 bits per heavy atom. The first-order chi connectivity index (χ1) is 8.77. The van der Waals surface area contributed by atoms with Crippen LogP contribution in [0.25, 0.3) is 22.0 Å². The molecule has 3 aromatic rings. The second-order valence-electron chi connectivity index (χ2n) is 4.42. The molecule has 0 radical (unpaired) electrons. The van der Waals surface area contributed by atoms with Crippen molar-refractivity contribution < 1.29 is 0 Å². The zero-order valence-corrected chi connectivity index (χ0v) is 10.2. The summed E-state index contributed by atoms with van der Waals surface area (Å²) in [7, 11) is 0. The van der Waals surface area contributed by atoms with Gasteiger partial charge in [-0.2, -0.15) is 0 Å². The molecule has 0 saturated heterocycles. The molecule has 2 N–H and O–H groups in total. The third-order valence-corrected chi connectivity index (χ3v) is 3.25. The number of rotatable bonds is 1. The van der Waals surface area contributed by atoms with E-state index in [4.69, 9.17) is 5.73 Å². The van der Waals surface area contributed by atoms with E-state index < -0.39 is 0 Å². The summed E-state index contributed by atoms with van der Waals surface area (Å²) in [5, 5.41) is 1.08. The number of aryl methyl sites for hydroxylation is 1. The van der Waals surface area contributed by atoms with Crippen molar-refractivity contribution in [2.24, 2.45) is 0 Å². The lowest BCUT2D eigenvalue weighted by Crippen LogP contribution is -1.94. The van der Waals surface area contributed by atoms with E-state index in [-0.39, 0.29) is 0 Å². The lowest BCUT2D eigenvalue weighted by molar-refractivity contribution is 1.41. The van der Waals surface area contributed by atoms with Crippen LogP contribution in [0.15, 0.2) is 54.7 Å². The minimum absolute atomic E-state index is 0.752. The molecule has 0 aliphatic heterocycles. The Kier molecular flexibility index (Phi) is 2.49. The Bertz CT molecular complexity index is 717. The fourth-order valence-corrected chi connectivity index (χ4v) is 2.28. The van der Waals surface area contributed by atoms with Crippen LogP contribution >= 0.6 is 0 Å². The molecule has 1 heterocycles. The van der Waals surface area contributed by atoms with Gasteiger partial charge in [-0.15, -0.1) is 0 Å². The van der Waals surface area contributed by atoms with Crippen LogP contribution in [0.3, 0.4) is 0 Å². The highest BCUT2D eigenvalue weighted by Gasteiger charge is 2.08. The number of hydrogen-bond donors (Lipinski definition) is 1. The number of fused-ring (bicyclic) bond motifs is 1. The molecule has 0 bridgehead atoms. The number of benzene rings is 2. The van der Waals surface area contributed by atoms with Crippen molar-refractivity contribution in [3.8, 4) is 11.1 Å². The van der Waals surface area contributed by atoms with Crippen molar-refractivity contribution in [2.45, 2.75) is 6.92 Å². The van der Waals surface area contributed by atoms with E-state index in [0.717, 1.165) is 22.2 Å². The molecule has 0 aliphatic carbocycles. The van der Waals surface area contributed by atoms with Gasteiger partial charge in [-0.25, -0.2) is 0 Å². The lowest BCUT2D eigenvalue weighted by atomic mass is 9.97. The molecule has 1 aromatic heterocycles. The maximum Gasteiger partial charge on any atom is 0.0937 e. The highest BCUT2D eigenvalue weighted by molar-refractivity contribution is 5.98. The summed E-state index contributed by atoms with van der Waals surface area (Å²) in [5.41, 5.74) is 11.3. The highest BCUT2D eigenvalue weighted by Crippen LogP contribution is 2.32. The van der Waals surface area contributed by atoms with E-state index >= 15 is 0 Å². The first-order valence-corrected chi connectivity index (χ1v) is 5.96. The molecule has 0 atom stereocenters. The van der Waals surface area contributed by atoms with Crippen molar-refractivity contribution in [3.05, 3.63) is 60.3 Å². The average molecular weight is 234 g/mol. The van der Waals surface area contributed by atoms with Crippen LogP contribution in [0.1, 0.15) is 5.56 Å². The van der Waals surface area contributed by atoms with E-state index in [0.29, 0.717) is 0 Å². The summed E-state index contributed by atoms with van der Waals surface area (Å²) >= 11 is 0. The predicted molar refractivity (Wildman–Crippen MR) is 76.3 cm³/mol. The maximum absolute atomic E-state index is 6.26. The number of anilines is 1. The van der Waals surface area contributed by atoms with Gasteiger partial charge in [0.1, 0.15) is 0 Å². The van der Waals surface area contributed by atoms with Gasteiger partial charge in [0.25, 0.3) is 0 Å². The summed E-state index contributed by atoms with van der Waals surface area (Å²) in [6, 6.07) is 16.4. The third-order valence-electron chi connectivity index (χ3n) is 3.25. The normalized spacial score (nSPS) is 10.7. The number of hydrogen-bond acceptors (Lipinski definition) is 2. The zero-order chi connectivity index (χ0) is 12.5. The Hall–Kier alpha value is -2.35. The zero-order valence-electron chi connectivity index (χ0n) is 10.2. The standard InChI is InChI=1S/C16H14N2/c1-11-5-2-3-7-13(11)14-9-8-12-6-4-10-18-16(12)15(14)17/h2-10H,17H2,1H3. The summed E-state index contributed by atoms with van der Waals surface area (Å²) in [5.74, 6) is 0. The predicted octanol–water partition coefficient (Wildman–Crippen LogP) is 3.79. The fraction of sp³-hybridized carbons (Fsp3) is 0.0625. The van der Waals surface area contributed by atoms with E-state index in [1.165, 1.54) is 11.1 Å². The van der Waals surface area contributed by atoms with Crippen LogP contribution in [0.2, 0.25) is 0 Å². The number of aromatic nitrogens is 1. The van der Waals surface area contributed by atoms with Crippen LogP contribution < -0.4 is 5.73 Å². The van der Waals surface area contributed by atoms with Crippen LogP contribution in [-0.4, -0.2) is 4.98 Å². The van der Waals surface area contributed by atoms with Crippen molar-refractivity contribution in [2.75, 3.05) is 5.73 Å². The van der Waals surface area contributed by atoms with Crippen molar-refractivity contribution in [1.82, 2.24) is 4.98 Å². The molecule has 0 spiro atoms. The molecule has 3 rings (SSSR count). The quantitative estimate of drug-likeness (QED) is 0.650. The largest absolute Gasteiger partial charge is 0.396 e. The molecule has 2 heteroatoms. The number of pyridine rings is 1. The first kappa shape index (κ1) is 10.8. The Morgan fingerprint density at radius 1 is 0.889 bits per heavy atom. The Labute approximate surface area is 106 Å². The third kappa shape index (κ3) is 1.63. The van der Waals surface area contributed by atoms with Crippen molar-refractivity contribution in [3.63, 3.8) is 0 Å². The summed E-state index contributed by atoms with van der Waals surface area (Å²) in [6.45, 7) is 2.09. The first-order valence-electron chi connectivity index (χ1n) is 5.96. The Balaban J connectivity index is 2.31. The number of nitrogens with two attached hydrogens (primary N) is 1. The lowest BCUT2D eigenvalue weighted by Gasteiger charge is -2.10. The molecule has 0 aliphatic rings. The second-order valence-corrected chi connectivity index (χ2v) is 4.42. The molecule has 0 unspecified atom stereocenters. The van der Waals surface area contributed by atoms with Gasteiger partial charge in [0.2, 0.25) is 0 Å². The molecule has 2 nitrogen and oxygen atoms in total. The van der Waals surface area contributed by atoms with Crippen LogP contribution in [-0.2, 0) is 0 Å². The second kappa shape index (κ2) is 4.15. The van der Waals surface area contributed by atoms with Gasteiger partial charge in [-0.05, 0) is 24.1 Å².